The first kappa shape index (κ1) is 14.3. The molecule has 1 atom stereocenters. The predicted octanol–water partition coefficient (Wildman–Crippen LogP) is 0.0939. The molecule has 0 bridgehead atoms. The predicted molar refractivity (Wildman–Crippen MR) is 72.0 cm³/mol. The minimum atomic E-state index is -3.13. The first-order chi connectivity index (χ1) is 9.30. The van der Waals surface area contributed by atoms with Crippen LogP contribution in [0.15, 0.2) is 18.2 Å². The number of hydrogen-bond acceptors (Lipinski definition) is 6. The minimum absolute atomic E-state index is 0.0109. The molecule has 1 heterocycles. The monoisotopic (exact) mass is 299 g/mol. The zero-order valence-corrected chi connectivity index (χ0v) is 11.2. The van der Waals surface area contributed by atoms with Gasteiger partial charge in [0.05, 0.1) is 16.4 Å². The summed E-state index contributed by atoms with van der Waals surface area (Å²) in [6.07, 6.45) is 0.310. The number of rotatable bonds is 3. The molecular weight excluding hydrogens is 286 g/mol. The zero-order valence-electron chi connectivity index (χ0n) is 10.4. The highest BCUT2D eigenvalue weighted by atomic mass is 32.2. The fraction of sp³-hybridized carbons (Fsp3) is 0.364. The molecule has 1 amide bonds. The minimum Gasteiger partial charge on any atom is -0.393 e. The Morgan fingerprint density at radius 2 is 2.15 bits per heavy atom. The van der Waals surface area contributed by atoms with Gasteiger partial charge in [0.1, 0.15) is 11.3 Å². The van der Waals surface area contributed by atoms with Crippen LogP contribution in [-0.4, -0.2) is 36.8 Å². The molecule has 0 spiro atoms. The summed E-state index contributed by atoms with van der Waals surface area (Å²) in [6, 6.07) is 3.53. The van der Waals surface area contributed by atoms with Gasteiger partial charge in [0.25, 0.3) is 5.91 Å². The summed E-state index contributed by atoms with van der Waals surface area (Å²) in [5, 5.41) is 13.4. The van der Waals surface area contributed by atoms with E-state index < -0.39 is 32.4 Å². The number of sulfone groups is 1. The number of amides is 1. The molecule has 1 unspecified atom stereocenters. The molecule has 1 aliphatic heterocycles. The summed E-state index contributed by atoms with van der Waals surface area (Å²) in [7, 11) is -3.13. The average molecular weight is 299 g/mol. The Morgan fingerprint density at radius 1 is 1.45 bits per heavy atom. The van der Waals surface area contributed by atoms with Gasteiger partial charge in [-0.25, -0.2) is 8.42 Å². The van der Waals surface area contributed by atoms with Crippen molar-refractivity contribution < 1.29 is 18.1 Å². The molecule has 1 aromatic carbocycles. The lowest BCUT2D eigenvalue weighted by Crippen LogP contribution is -2.36. The van der Waals surface area contributed by atoms with E-state index in [0.717, 1.165) is 0 Å². The molecule has 1 fully saturated rings. The van der Waals surface area contributed by atoms with Gasteiger partial charge in [0.15, 0.2) is 9.84 Å². The van der Waals surface area contributed by atoms with E-state index in [9.17, 15) is 23.3 Å². The molecule has 2 rings (SSSR count). The maximum atomic E-state index is 12.0. The van der Waals surface area contributed by atoms with Gasteiger partial charge in [0.2, 0.25) is 0 Å². The van der Waals surface area contributed by atoms with Crippen molar-refractivity contribution in [1.82, 2.24) is 5.32 Å². The maximum Gasteiger partial charge on any atom is 0.304 e. The van der Waals surface area contributed by atoms with Crippen LogP contribution in [0.1, 0.15) is 16.8 Å². The van der Waals surface area contributed by atoms with Gasteiger partial charge in [-0.3, -0.25) is 14.9 Å². The lowest BCUT2D eigenvalue weighted by atomic mass is 10.1. The van der Waals surface area contributed by atoms with Crippen molar-refractivity contribution in [3.63, 3.8) is 0 Å². The zero-order chi connectivity index (χ0) is 14.9. The fourth-order valence-electron chi connectivity index (χ4n) is 2.12. The Bertz CT molecular complexity index is 671. The Hall–Kier alpha value is -2.16. The molecule has 108 valence electrons. The standard InChI is InChI=1S/C11H13N3O5S/c12-9-3-1-2-8(10(9)14(16)17)11(15)13-7-4-5-20(18,19)6-7/h1-3,7H,4-6,12H2,(H,13,15). The summed E-state index contributed by atoms with van der Waals surface area (Å²) in [5.41, 5.74) is 4.75. The van der Waals surface area contributed by atoms with E-state index in [0.29, 0.717) is 6.42 Å². The van der Waals surface area contributed by atoms with Crippen LogP contribution >= 0.6 is 0 Å². The molecule has 9 heteroatoms. The molecule has 8 nitrogen and oxygen atoms in total. The van der Waals surface area contributed by atoms with Gasteiger partial charge in [0, 0.05) is 6.04 Å². The van der Waals surface area contributed by atoms with E-state index in [1.54, 1.807) is 0 Å². The van der Waals surface area contributed by atoms with Gasteiger partial charge in [-0.2, -0.15) is 0 Å². The highest BCUT2D eigenvalue weighted by Crippen LogP contribution is 2.26. The quantitative estimate of drug-likeness (QED) is 0.462. The molecule has 1 saturated heterocycles. The Morgan fingerprint density at radius 3 is 2.70 bits per heavy atom. The van der Waals surface area contributed by atoms with Crippen LogP contribution < -0.4 is 11.1 Å². The molecule has 0 aromatic heterocycles. The molecule has 20 heavy (non-hydrogen) atoms. The number of benzene rings is 1. The number of nitrogen functional groups attached to an aromatic ring is 1. The third-order valence-electron chi connectivity index (χ3n) is 3.06. The van der Waals surface area contributed by atoms with Gasteiger partial charge >= 0.3 is 5.69 Å². The van der Waals surface area contributed by atoms with Crippen LogP contribution in [0.4, 0.5) is 11.4 Å². The lowest BCUT2D eigenvalue weighted by Gasteiger charge is -2.11. The van der Waals surface area contributed by atoms with E-state index in [-0.39, 0.29) is 22.8 Å². The van der Waals surface area contributed by atoms with Crippen LogP contribution in [0, 0.1) is 10.1 Å². The van der Waals surface area contributed by atoms with Crippen LogP contribution in [0.5, 0.6) is 0 Å². The Kier molecular flexibility index (Phi) is 3.62. The second-order valence-electron chi connectivity index (χ2n) is 4.57. The van der Waals surface area contributed by atoms with Crippen molar-refractivity contribution >= 4 is 27.1 Å². The molecule has 3 N–H and O–H groups in total. The first-order valence-corrected chi connectivity index (χ1v) is 7.66. The smallest absolute Gasteiger partial charge is 0.304 e. The number of nitro groups is 1. The summed E-state index contributed by atoms with van der Waals surface area (Å²) >= 11 is 0. The highest BCUT2D eigenvalue weighted by Gasteiger charge is 2.31. The van der Waals surface area contributed by atoms with Gasteiger partial charge < -0.3 is 11.1 Å². The van der Waals surface area contributed by atoms with Gasteiger partial charge in [-0.15, -0.1) is 0 Å². The second kappa shape index (κ2) is 5.08. The number of carbonyl (C=O) groups excluding carboxylic acids is 1. The molecule has 0 aliphatic carbocycles. The number of nitro benzene ring substituents is 1. The van der Waals surface area contributed by atoms with E-state index in [2.05, 4.69) is 5.32 Å². The summed E-state index contributed by atoms with van der Waals surface area (Å²) in [6.45, 7) is 0. The van der Waals surface area contributed by atoms with Crippen molar-refractivity contribution in [2.45, 2.75) is 12.5 Å². The van der Waals surface area contributed by atoms with Crippen molar-refractivity contribution in [1.29, 1.82) is 0 Å². The van der Waals surface area contributed by atoms with Gasteiger partial charge in [-0.05, 0) is 18.6 Å². The number of para-hydroxylation sites is 1. The lowest BCUT2D eigenvalue weighted by molar-refractivity contribution is -0.384. The Balaban J connectivity index is 2.22. The molecule has 0 radical (unpaired) electrons. The molecule has 1 aromatic rings. The van der Waals surface area contributed by atoms with E-state index in [4.69, 9.17) is 5.73 Å². The van der Waals surface area contributed by atoms with Crippen molar-refractivity contribution in [3.05, 3.63) is 33.9 Å². The van der Waals surface area contributed by atoms with E-state index >= 15 is 0 Å². The summed E-state index contributed by atoms with van der Waals surface area (Å²) < 4.78 is 22.6. The van der Waals surface area contributed by atoms with Gasteiger partial charge in [-0.1, -0.05) is 6.07 Å². The molecule has 0 saturated carbocycles. The van der Waals surface area contributed by atoms with Crippen molar-refractivity contribution in [2.75, 3.05) is 17.2 Å². The third kappa shape index (κ3) is 2.87. The second-order valence-corrected chi connectivity index (χ2v) is 6.80. The number of nitrogens with two attached hydrogens (primary N) is 1. The Labute approximate surface area is 115 Å². The van der Waals surface area contributed by atoms with Crippen molar-refractivity contribution in [2.24, 2.45) is 0 Å². The summed E-state index contributed by atoms with van der Waals surface area (Å²) in [4.78, 5) is 22.2. The van der Waals surface area contributed by atoms with Crippen LogP contribution in [0.25, 0.3) is 0 Å². The number of hydrogen-bond donors (Lipinski definition) is 2. The number of anilines is 1. The third-order valence-corrected chi connectivity index (χ3v) is 4.83. The van der Waals surface area contributed by atoms with Crippen LogP contribution in [0.2, 0.25) is 0 Å². The van der Waals surface area contributed by atoms with E-state index in [1.165, 1.54) is 18.2 Å². The van der Waals surface area contributed by atoms with E-state index in [1.807, 2.05) is 0 Å². The normalized spacial score (nSPS) is 20.5. The SMILES string of the molecule is Nc1cccc(C(=O)NC2CCS(=O)(=O)C2)c1[N+](=O)[O-]. The molecular formula is C11H13N3O5S. The highest BCUT2D eigenvalue weighted by molar-refractivity contribution is 7.91. The maximum absolute atomic E-state index is 12.0. The topological polar surface area (TPSA) is 132 Å². The fourth-order valence-corrected chi connectivity index (χ4v) is 3.79. The molecule has 1 aliphatic rings. The van der Waals surface area contributed by atoms with Crippen LogP contribution in [-0.2, 0) is 9.84 Å². The van der Waals surface area contributed by atoms with Crippen LogP contribution in [0.3, 0.4) is 0 Å². The summed E-state index contributed by atoms with van der Waals surface area (Å²) in [5.74, 6) is -0.822. The van der Waals surface area contributed by atoms with Crippen molar-refractivity contribution in [3.8, 4) is 0 Å². The average Bonchev–Trinajstić information content (AvgIpc) is 2.67. The number of nitrogens with one attached hydrogen (secondary N) is 1. The number of carbonyl (C=O) groups is 1. The first-order valence-electron chi connectivity index (χ1n) is 5.84. The number of nitrogens with zero attached hydrogens (tertiary/aromatic N) is 1. The largest absolute Gasteiger partial charge is 0.393 e.